The van der Waals surface area contributed by atoms with Crippen LogP contribution < -0.4 is 9.66 Å². The van der Waals surface area contributed by atoms with Gasteiger partial charge in [0.15, 0.2) is 0 Å². The number of halogens is 1. The van der Waals surface area contributed by atoms with E-state index in [4.69, 9.17) is 9.02 Å². The molecule has 0 radical (unpaired) electrons. The normalized spacial score (nSPS) is 12.1. The minimum atomic E-state index is -3.96. The van der Waals surface area contributed by atoms with E-state index in [1.54, 1.807) is 49.4 Å². The summed E-state index contributed by atoms with van der Waals surface area (Å²) in [4.78, 5) is 17.1. The van der Waals surface area contributed by atoms with Crippen molar-refractivity contribution in [3.63, 3.8) is 0 Å². The first-order valence-electron chi connectivity index (χ1n) is 9.88. The van der Waals surface area contributed by atoms with Gasteiger partial charge in [0.25, 0.3) is 0 Å². The zero-order valence-electron chi connectivity index (χ0n) is 17.7. The molecule has 0 fully saturated rings. The van der Waals surface area contributed by atoms with Gasteiger partial charge >= 0.3 is 16.1 Å². The molecule has 7 nitrogen and oxygen atoms in total. The number of carbonyl (C=O) groups is 1. The van der Waals surface area contributed by atoms with E-state index >= 15 is 0 Å². The Morgan fingerprint density at radius 3 is 2.15 bits per heavy atom. The molecule has 0 aliphatic heterocycles. The van der Waals surface area contributed by atoms with Crippen LogP contribution in [-0.2, 0) is 32.8 Å². The number of hydrogen-bond donors (Lipinski definition) is 2. The fourth-order valence-electron chi connectivity index (χ4n) is 2.87. The number of benzene rings is 3. The standard InChI is InChI=1S/C24H22FNO6S/c1-17(26-31-16-19-7-11-20(25)12-8-19)23(24(27)28)15-18-9-13-21(14-10-18)32-33(29,30)22-5-3-2-4-6-22/h2-14,26H,15-16H2,1H3,(H,27,28). The van der Waals surface area contributed by atoms with E-state index < -0.39 is 16.1 Å². The zero-order chi connectivity index (χ0) is 23.8. The highest BCUT2D eigenvalue weighted by Gasteiger charge is 2.17. The van der Waals surface area contributed by atoms with Crippen molar-refractivity contribution in [2.75, 3.05) is 0 Å². The Labute approximate surface area is 191 Å². The van der Waals surface area contributed by atoms with Crippen LogP contribution in [0.5, 0.6) is 5.75 Å². The van der Waals surface area contributed by atoms with Crippen molar-refractivity contribution in [3.05, 3.63) is 107 Å². The third-order valence-corrected chi connectivity index (χ3v) is 5.89. The Bertz CT molecular complexity index is 1220. The first kappa shape index (κ1) is 24.0. The summed E-state index contributed by atoms with van der Waals surface area (Å²) in [7, 11) is -3.96. The molecular weight excluding hydrogens is 449 g/mol. The van der Waals surface area contributed by atoms with Gasteiger partial charge in [-0.25, -0.2) is 9.18 Å². The summed E-state index contributed by atoms with van der Waals surface area (Å²) in [6.45, 7) is 1.68. The maximum absolute atomic E-state index is 13.0. The number of allylic oxidation sites excluding steroid dienone is 1. The van der Waals surface area contributed by atoms with Gasteiger partial charge in [0.1, 0.15) is 16.5 Å². The van der Waals surface area contributed by atoms with Crippen LogP contribution in [-0.4, -0.2) is 19.5 Å². The zero-order valence-corrected chi connectivity index (χ0v) is 18.5. The molecule has 0 bridgehead atoms. The van der Waals surface area contributed by atoms with Gasteiger partial charge in [-0.2, -0.15) is 8.42 Å². The molecule has 3 rings (SSSR count). The lowest BCUT2D eigenvalue weighted by Gasteiger charge is -2.12. The number of nitrogens with one attached hydrogen (secondary N) is 1. The molecule has 0 aliphatic rings. The molecule has 0 amide bonds. The highest BCUT2D eigenvalue weighted by atomic mass is 32.2. The fraction of sp³-hybridized carbons (Fsp3) is 0.125. The van der Waals surface area contributed by atoms with Gasteiger partial charge in [0, 0.05) is 12.1 Å². The fourth-order valence-corrected chi connectivity index (χ4v) is 3.82. The van der Waals surface area contributed by atoms with Crippen LogP contribution >= 0.6 is 0 Å². The highest BCUT2D eigenvalue weighted by molar-refractivity contribution is 7.87. The van der Waals surface area contributed by atoms with Crippen molar-refractivity contribution in [1.29, 1.82) is 0 Å². The Balaban J connectivity index is 1.64. The summed E-state index contributed by atoms with van der Waals surface area (Å²) in [5.74, 6) is -1.37. The van der Waals surface area contributed by atoms with Crippen molar-refractivity contribution in [2.24, 2.45) is 0 Å². The van der Waals surface area contributed by atoms with E-state index in [1.807, 2.05) is 0 Å². The van der Waals surface area contributed by atoms with Gasteiger partial charge in [-0.05, 0) is 54.4 Å². The maximum Gasteiger partial charge on any atom is 0.339 e. The Kier molecular flexibility index (Phi) is 7.81. The van der Waals surface area contributed by atoms with Crippen LogP contribution in [0.2, 0.25) is 0 Å². The van der Waals surface area contributed by atoms with E-state index in [0.717, 1.165) is 5.56 Å². The predicted octanol–water partition coefficient (Wildman–Crippen LogP) is 4.22. The Morgan fingerprint density at radius 1 is 0.939 bits per heavy atom. The van der Waals surface area contributed by atoms with Crippen LogP contribution in [0.4, 0.5) is 4.39 Å². The SMILES string of the molecule is CC(NOCc1ccc(F)cc1)=C(Cc1ccc(OS(=O)(=O)c2ccccc2)cc1)C(=O)O. The monoisotopic (exact) mass is 471 g/mol. The molecule has 172 valence electrons. The van der Waals surface area contributed by atoms with Gasteiger partial charge in [0.05, 0.1) is 12.2 Å². The molecule has 0 heterocycles. The van der Waals surface area contributed by atoms with Crippen molar-refractivity contribution in [1.82, 2.24) is 5.48 Å². The second-order valence-corrected chi connectivity index (χ2v) is 8.64. The molecule has 2 N–H and O–H groups in total. The number of rotatable bonds is 10. The lowest BCUT2D eigenvalue weighted by molar-refractivity contribution is -0.133. The van der Waals surface area contributed by atoms with E-state index in [2.05, 4.69) is 5.48 Å². The summed E-state index contributed by atoms with van der Waals surface area (Å²) in [6.07, 6.45) is 0.0692. The molecule has 3 aromatic rings. The molecular formula is C24H22FNO6S. The molecule has 0 saturated heterocycles. The number of aliphatic carboxylic acids is 1. The predicted molar refractivity (Wildman–Crippen MR) is 119 cm³/mol. The third-order valence-electron chi connectivity index (χ3n) is 4.63. The minimum Gasteiger partial charge on any atom is -0.478 e. The second-order valence-electron chi connectivity index (χ2n) is 7.10. The van der Waals surface area contributed by atoms with Crippen LogP contribution in [0.3, 0.4) is 0 Å². The summed E-state index contributed by atoms with van der Waals surface area (Å²) in [6, 6.07) is 19.6. The minimum absolute atomic E-state index is 0.0347. The van der Waals surface area contributed by atoms with Crippen LogP contribution in [0, 0.1) is 5.82 Å². The topological polar surface area (TPSA) is 102 Å². The average Bonchev–Trinajstić information content (AvgIpc) is 2.80. The average molecular weight is 472 g/mol. The lowest BCUT2D eigenvalue weighted by atomic mass is 10.0. The summed E-state index contributed by atoms with van der Waals surface area (Å²) in [5, 5.41) is 9.59. The number of hydroxylamine groups is 1. The van der Waals surface area contributed by atoms with Gasteiger partial charge < -0.3 is 9.29 Å². The summed E-state index contributed by atoms with van der Waals surface area (Å²) >= 11 is 0. The van der Waals surface area contributed by atoms with Crippen molar-refractivity contribution in [2.45, 2.75) is 24.8 Å². The van der Waals surface area contributed by atoms with E-state index in [1.165, 1.54) is 36.4 Å². The van der Waals surface area contributed by atoms with Gasteiger partial charge in [-0.3, -0.25) is 10.3 Å². The van der Waals surface area contributed by atoms with Crippen LogP contribution in [0.1, 0.15) is 18.1 Å². The van der Waals surface area contributed by atoms with Crippen LogP contribution in [0.15, 0.2) is 95.0 Å². The molecule has 0 aromatic heterocycles. The maximum atomic E-state index is 13.0. The molecule has 0 atom stereocenters. The Hall–Kier alpha value is -3.69. The summed E-state index contributed by atoms with van der Waals surface area (Å²) in [5.41, 5.74) is 4.33. The van der Waals surface area contributed by atoms with Crippen molar-refractivity contribution >= 4 is 16.1 Å². The third kappa shape index (κ3) is 6.90. The van der Waals surface area contributed by atoms with Crippen LogP contribution in [0.25, 0.3) is 0 Å². The number of hydrogen-bond acceptors (Lipinski definition) is 6. The number of carboxylic acid groups (broad SMARTS) is 1. The van der Waals surface area contributed by atoms with Gasteiger partial charge in [0.2, 0.25) is 0 Å². The molecule has 0 aliphatic carbocycles. The molecule has 0 unspecified atom stereocenters. The molecule has 9 heteroatoms. The van der Waals surface area contributed by atoms with Gasteiger partial charge in [-0.1, -0.05) is 42.5 Å². The lowest BCUT2D eigenvalue weighted by Crippen LogP contribution is -2.18. The summed E-state index contributed by atoms with van der Waals surface area (Å²) < 4.78 is 42.7. The molecule has 0 saturated carbocycles. The van der Waals surface area contributed by atoms with E-state index in [9.17, 15) is 22.7 Å². The highest BCUT2D eigenvalue weighted by Crippen LogP contribution is 2.21. The second kappa shape index (κ2) is 10.8. The largest absolute Gasteiger partial charge is 0.478 e. The quantitative estimate of drug-likeness (QED) is 0.259. The molecule has 0 spiro atoms. The first-order chi connectivity index (χ1) is 15.7. The van der Waals surface area contributed by atoms with Crippen molar-refractivity contribution < 1.29 is 31.7 Å². The Morgan fingerprint density at radius 2 is 1.55 bits per heavy atom. The molecule has 3 aromatic carbocycles. The van der Waals surface area contributed by atoms with Crippen molar-refractivity contribution in [3.8, 4) is 5.75 Å². The van der Waals surface area contributed by atoms with E-state index in [0.29, 0.717) is 11.3 Å². The van der Waals surface area contributed by atoms with E-state index in [-0.39, 0.29) is 35.1 Å². The van der Waals surface area contributed by atoms with Gasteiger partial charge in [-0.15, -0.1) is 0 Å². The molecule has 33 heavy (non-hydrogen) atoms. The number of carboxylic acids is 1. The first-order valence-corrected chi connectivity index (χ1v) is 11.3. The smallest absolute Gasteiger partial charge is 0.339 e.